The molecule has 1 aromatic heterocycles. The Bertz CT molecular complexity index is 900. The minimum absolute atomic E-state index is 0.181. The Labute approximate surface area is 147 Å². The van der Waals surface area contributed by atoms with Gasteiger partial charge in [-0.1, -0.05) is 34.1 Å². The van der Waals surface area contributed by atoms with E-state index in [1.165, 1.54) is 7.11 Å². The van der Waals surface area contributed by atoms with Gasteiger partial charge in [-0.3, -0.25) is 4.79 Å². The molecule has 0 unspecified atom stereocenters. The van der Waals surface area contributed by atoms with Crippen molar-refractivity contribution in [2.45, 2.75) is 6.54 Å². The lowest BCUT2D eigenvalue weighted by Crippen LogP contribution is -2.23. The van der Waals surface area contributed by atoms with Gasteiger partial charge >= 0.3 is 5.97 Å². The van der Waals surface area contributed by atoms with E-state index in [0.29, 0.717) is 17.8 Å². The molecule has 0 fully saturated rings. The molecule has 1 amide bonds. The fraction of sp³-hybridized carbons (Fsp3) is 0.111. The topological polar surface area (TPSA) is 71.2 Å². The molecule has 0 bridgehead atoms. The van der Waals surface area contributed by atoms with Gasteiger partial charge in [-0.2, -0.15) is 0 Å². The average Bonchev–Trinajstić information content (AvgIpc) is 3.02. The number of benzene rings is 2. The molecule has 3 rings (SSSR count). The van der Waals surface area contributed by atoms with Crippen molar-refractivity contribution in [1.29, 1.82) is 0 Å². The molecule has 24 heavy (non-hydrogen) atoms. The second-order valence-electron chi connectivity index (χ2n) is 5.29. The number of H-pyrrole nitrogens is 1. The zero-order chi connectivity index (χ0) is 17.1. The molecule has 0 aliphatic rings. The van der Waals surface area contributed by atoms with Crippen LogP contribution in [0.2, 0.25) is 0 Å². The van der Waals surface area contributed by atoms with Crippen LogP contribution >= 0.6 is 15.9 Å². The van der Waals surface area contributed by atoms with Crippen LogP contribution < -0.4 is 5.32 Å². The molecule has 0 aliphatic heterocycles. The normalized spacial score (nSPS) is 10.6. The van der Waals surface area contributed by atoms with Crippen LogP contribution in [0.3, 0.4) is 0 Å². The Morgan fingerprint density at radius 1 is 1.12 bits per heavy atom. The minimum Gasteiger partial charge on any atom is -0.465 e. The number of esters is 1. The summed E-state index contributed by atoms with van der Waals surface area (Å²) in [5, 5.41) is 3.83. The average molecular weight is 387 g/mol. The second-order valence-corrected chi connectivity index (χ2v) is 6.20. The summed E-state index contributed by atoms with van der Waals surface area (Å²) in [7, 11) is 1.34. The molecule has 0 saturated carbocycles. The number of nitrogens with one attached hydrogen (secondary N) is 2. The summed E-state index contributed by atoms with van der Waals surface area (Å²) < 4.78 is 5.61. The predicted octanol–water partition coefficient (Wildman–Crippen LogP) is 3.65. The maximum Gasteiger partial charge on any atom is 0.337 e. The number of carbonyl (C=O) groups excluding carboxylic acids is 2. The van der Waals surface area contributed by atoms with E-state index in [1.54, 1.807) is 24.3 Å². The van der Waals surface area contributed by atoms with Crippen LogP contribution in [-0.2, 0) is 11.3 Å². The van der Waals surface area contributed by atoms with Gasteiger partial charge in [-0.05, 0) is 35.9 Å². The number of fused-ring (bicyclic) bond motifs is 1. The number of aromatic nitrogens is 1. The molecule has 5 nitrogen and oxygen atoms in total. The van der Waals surface area contributed by atoms with E-state index in [-0.39, 0.29) is 11.9 Å². The number of amides is 1. The molecule has 2 aromatic carbocycles. The third-order valence-electron chi connectivity index (χ3n) is 3.66. The third kappa shape index (κ3) is 3.49. The van der Waals surface area contributed by atoms with Gasteiger partial charge in [0.15, 0.2) is 0 Å². The Kier molecular flexibility index (Phi) is 4.66. The van der Waals surface area contributed by atoms with E-state index in [2.05, 4.69) is 31.0 Å². The number of carbonyl (C=O) groups is 2. The quantitative estimate of drug-likeness (QED) is 0.672. The highest BCUT2D eigenvalue weighted by molar-refractivity contribution is 9.10. The van der Waals surface area contributed by atoms with Crippen molar-refractivity contribution < 1.29 is 14.3 Å². The van der Waals surface area contributed by atoms with Crippen molar-refractivity contribution >= 4 is 38.7 Å². The van der Waals surface area contributed by atoms with Gasteiger partial charge in [0.2, 0.25) is 0 Å². The van der Waals surface area contributed by atoms with Gasteiger partial charge in [-0.15, -0.1) is 0 Å². The number of aromatic amines is 1. The molecule has 0 saturated heterocycles. The molecule has 1 heterocycles. The predicted molar refractivity (Wildman–Crippen MR) is 95.0 cm³/mol. The Hall–Kier alpha value is -2.60. The molecule has 0 radical (unpaired) electrons. The van der Waals surface area contributed by atoms with E-state index in [9.17, 15) is 9.59 Å². The summed E-state index contributed by atoms with van der Waals surface area (Å²) in [4.78, 5) is 26.8. The number of methoxy groups -OCH3 is 1. The molecular formula is C18H15BrN2O3. The number of hydrogen-bond donors (Lipinski definition) is 2. The van der Waals surface area contributed by atoms with Gasteiger partial charge in [0, 0.05) is 21.9 Å². The van der Waals surface area contributed by atoms with Crippen LogP contribution in [0.4, 0.5) is 0 Å². The van der Waals surface area contributed by atoms with E-state index in [1.807, 2.05) is 24.3 Å². The van der Waals surface area contributed by atoms with Gasteiger partial charge in [0.05, 0.1) is 12.7 Å². The molecule has 122 valence electrons. The van der Waals surface area contributed by atoms with Crippen LogP contribution in [0.1, 0.15) is 26.4 Å². The van der Waals surface area contributed by atoms with Gasteiger partial charge in [-0.25, -0.2) is 4.79 Å². The summed E-state index contributed by atoms with van der Waals surface area (Å²) in [6, 6.07) is 14.5. The van der Waals surface area contributed by atoms with Crippen LogP contribution in [0, 0.1) is 0 Å². The van der Waals surface area contributed by atoms with Gasteiger partial charge < -0.3 is 15.0 Å². The largest absolute Gasteiger partial charge is 0.465 e. The van der Waals surface area contributed by atoms with Crippen LogP contribution in [0.25, 0.3) is 10.9 Å². The number of halogens is 1. The number of rotatable bonds is 4. The first kappa shape index (κ1) is 16.3. The van der Waals surface area contributed by atoms with Crippen molar-refractivity contribution in [3.05, 3.63) is 69.8 Å². The zero-order valence-electron chi connectivity index (χ0n) is 12.9. The van der Waals surface area contributed by atoms with Crippen molar-refractivity contribution in [2.24, 2.45) is 0 Å². The third-order valence-corrected chi connectivity index (χ3v) is 4.15. The van der Waals surface area contributed by atoms with Crippen molar-refractivity contribution in [3.63, 3.8) is 0 Å². The zero-order valence-corrected chi connectivity index (χ0v) is 14.5. The highest BCUT2D eigenvalue weighted by Gasteiger charge is 2.10. The van der Waals surface area contributed by atoms with Crippen molar-refractivity contribution in [2.75, 3.05) is 7.11 Å². The summed E-state index contributed by atoms with van der Waals surface area (Å²) in [5.41, 5.74) is 2.79. The van der Waals surface area contributed by atoms with E-state index in [4.69, 9.17) is 0 Å². The summed E-state index contributed by atoms with van der Waals surface area (Å²) in [6.07, 6.45) is 0. The number of ether oxygens (including phenoxy) is 1. The van der Waals surface area contributed by atoms with Crippen LogP contribution in [-0.4, -0.2) is 24.0 Å². The lowest BCUT2D eigenvalue weighted by atomic mass is 10.1. The fourth-order valence-corrected chi connectivity index (χ4v) is 2.74. The molecule has 0 atom stereocenters. The molecule has 0 aliphatic carbocycles. The first-order valence-corrected chi connectivity index (χ1v) is 8.10. The molecule has 2 N–H and O–H groups in total. The maximum absolute atomic E-state index is 12.3. The van der Waals surface area contributed by atoms with E-state index in [0.717, 1.165) is 20.9 Å². The maximum atomic E-state index is 12.3. The SMILES string of the molecule is COC(=O)c1ccc(CNC(=O)c2cc3ccc(Br)cc3[nH]2)cc1. The Morgan fingerprint density at radius 2 is 1.88 bits per heavy atom. The highest BCUT2D eigenvalue weighted by Crippen LogP contribution is 2.20. The van der Waals surface area contributed by atoms with Crippen LogP contribution in [0.5, 0.6) is 0 Å². The van der Waals surface area contributed by atoms with Crippen molar-refractivity contribution in [3.8, 4) is 0 Å². The lowest BCUT2D eigenvalue weighted by Gasteiger charge is -2.05. The minimum atomic E-state index is -0.380. The van der Waals surface area contributed by atoms with Crippen LogP contribution in [0.15, 0.2) is 53.0 Å². The monoisotopic (exact) mass is 386 g/mol. The van der Waals surface area contributed by atoms with Gasteiger partial charge in [0.1, 0.15) is 5.69 Å². The molecule has 6 heteroatoms. The van der Waals surface area contributed by atoms with E-state index < -0.39 is 0 Å². The molecule has 3 aromatic rings. The highest BCUT2D eigenvalue weighted by atomic mass is 79.9. The van der Waals surface area contributed by atoms with Crippen molar-refractivity contribution in [1.82, 2.24) is 10.3 Å². The Balaban J connectivity index is 1.67. The number of hydrogen-bond acceptors (Lipinski definition) is 3. The first-order valence-electron chi connectivity index (χ1n) is 7.30. The summed E-state index contributed by atoms with van der Waals surface area (Å²) in [5.74, 6) is -0.561. The first-order chi connectivity index (χ1) is 11.6. The summed E-state index contributed by atoms with van der Waals surface area (Å²) >= 11 is 3.41. The Morgan fingerprint density at radius 3 is 2.58 bits per heavy atom. The lowest BCUT2D eigenvalue weighted by molar-refractivity contribution is 0.0600. The summed E-state index contributed by atoms with van der Waals surface area (Å²) in [6.45, 7) is 0.374. The smallest absolute Gasteiger partial charge is 0.337 e. The fourth-order valence-electron chi connectivity index (χ4n) is 2.38. The standard InChI is InChI=1S/C18H15BrN2O3/c1-24-18(23)12-4-2-11(3-5-12)10-20-17(22)16-8-13-6-7-14(19)9-15(13)21-16/h2-9,21H,10H2,1H3,(H,20,22). The van der Waals surface area contributed by atoms with E-state index >= 15 is 0 Å². The van der Waals surface area contributed by atoms with Gasteiger partial charge in [0.25, 0.3) is 5.91 Å². The second kappa shape index (κ2) is 6.88. The molecular weight excluding hydrogens is 372 g/mol. The molecule has 0 spiro atoms.